The lowest BCUT2D eigenvalue weighted by Gasteiger charge is -2.31. The van der Waals surface area contributed by atoms with Gasteiger partial charge >= 0.3 is 0 Å². The zero-order chi connectivity index (χ0) is 22.1. The molecule has 0 aromatic heterocycles. The zero-order valence-electron chi connectivity index (χ0n) is 17.6. The molecule has 31 heavy (non-hydrogen) atoms. The molecule has 1 N–H and O–H groups in total. The maximum absolute atomic E-state index is 13.5. The molecule has 0 radical (unpaired) electrons. The van der Waals surface area contributed by atoms with Gasteiger partial charge in [-0.3, -0.25) is 9.59 Å². The second-order valence-electron chi connectivity index (χ2n) is 7.41. The van der Waals surface area contributed by atoms with E-state index in [2.05, 4.69) is 21.2 Å². The Balaban J connectivity index is 1.94. The minimum absolute atomic E-state index is 0.0710. The summed E-state index contributed by atoms with van der Waals surface area (Å²) in [5.74, 6) is -0.207. The molecule has 1 atom stereocenters. The molecule has 1 unspecified atom stereocenters. The summed E-state index contributed by atoms with van der Waals surface area (Å²) >= 11 is 3.50. The van der Waals surface area contributed by atoms with Crippen LogP contribution in [0.4, 0.5) is 0 Å². The number of hydrogen-bond donors (Lipinski definition) is 1. The van der Waals surface area contributed by atoms with Crippen LogP contribution in [0.5, 0.6) is 0 Å². The molecule has 5 heteroatoms. The van der Waals surface area contributed by atoms with Crippen molar-refractivity contribution in [1.29, 1.82) is 0 Å². The molecule has 0 saturated carbocycles. The molecule has 3 aromatic rings. The van der Waals surface area contributed by atoms with E-state index in [1.807, 2.05) is 91.9 Å². The number of nitrogens with one attached hydrogen (secondary N) is 1. The molecule has 0 bridgehead atoms. The number of benzene rings is 3. The molecular weight excluding hydrogens is 452 g/mol. The fourth-order valence-electron chi connectivity index (χ4n) is 3.55. The van der Waals surface area contributed by atoms with Gasteiger partial charge in [-0.15, -0.1) is 0 Å². The Morgan fingerprint density at radius 1 is 0.871 bits per heavy atom. The Morgan fingerprint density at radius 3 is 2.10 bits per heavy atom. The van der Waals surface area contributed by atoms with Gasteiger partial charge in [-0.1, -0.05) is 88.7 Å². The number of carbonyl (C=O) groups excluding carboxylic acids is 2. The molecule has 3 rings (SSSR count). The molecule has 0 aliphatic rings. The highest BCUT2D eigenvalue weighted by Crippen LogP contribution is 2.19. The Morgan fingerprint density at radius 2 is 1.48 bits per heavy atom. The van der Waals surface area contributed by atoms with Gasteiger partial charge in [0.25, 0.3) is 0 Å². The summed E-state index contributed by atoms with van der Waals surface area (Å²) in [6.07, 6.45) is 0.709. The summed E-state index contributed by atoms with van der Waals surface area (Å²) in [7, 11) is 0. The minimum Gasteiger partial charge on any atom is -0.355 e. The Bertz CT molecular complexity index is 993. The lowest BCUT2D eigenvalue weighted by atomic mass is 10.0. The van der Waals surface area contributed by atoms with Gasteiger partial charge in [0.2, 0.25) is 11.8 Å². The van der Waals surface area contributed by atoms with Crippen molar-refractivity contribution in [1.82, 2.24) is 10.2 Å². The number of halogens is 1. The van der Waals surface area contributed by atoms with Crippen LogP contribution in [0.15, 0.2) is 89.4 Å². The van der Waals surface area contributed by atoms with Crippen molar-refractivity contribution in [2.45, 2.75) is 32.4 Å². The van der Waals surface area contributed by atoms with Crippen LogP contribution in [0.2, 0.25) is 0 Å². The summed E-state index contributed by atoms with van der Waals surface area (Å²) in [6, 6.07) is 26.7. The Labute approximate surface area is 192 Å². The Kier molecular flexibility index (Phi) is 8.42. The highest BCUT2D eigenvalue weighted by molar-refractivity contribution is 9.10. The van der Waals surface area contributed by atoms with Crippen LogP contribution in [-0.4, -0.2) is 29.3 Å². The highest BCUT2D eigenvalue weighted by Gasteiger charge is 2.30. The van der Waals surface area contributed by atoms with Crippen LogP contribution in [0.25, 0.3) is 0 Å². The van der Waals surface area contributed by atoms with Crippen LogP contribution in [0.3, 0.4) is 0 Å². The molecule has 0 fully saturated rings. The number of hydrogen-bond acceptors (Lipinski definition) is 2. The van der Waals surface area contributed by atoms with Crippen molar-refractivity contribution in [3.8, 4) is 0 Å². The van der Waals surface area contributed by atoms with Crippen LogP contribution < -0.4 is 5.32 Å². The number of rotatable bonds is 9. The first-order valence-corrected chi connectivity index (χ1v) is 11.3. The van der Waals surface area contributed by atoms with E-state index >= 15 is 0 Å². The standard InChI is InChI=1S/C26H27BrN2O2/c1-2-28-26(31)24(17-20-10-5-3-6-11-20)29(19-22-14-9-15-23(27)16-22)25(30)18-21-12-7-4-8-13-21/h3-16,24H,2,17-19H2,1H3,(H,28,31). The monoisotopic (exact) mass is 478 g/mol. The van der Waals surface area contributed by atoms with E-state index < -0.39 is 6.04 Å². The fourth-order valence-corrected chi connectivity index (χ4v) is 4.00. The van der Waals surface area contributed by atoms with E-state index in [0.29, 0.717) is 19.5 Å². The third kappa shape index (κ3) is 6.79. The van der Waals surface area contributed by atoms with E-state index in [9.17, 15) is 9.59 Å². The van der Waals surface area contributed by atoms with Gasteiger partial charge in [0.1, 0.15) is 6.04 Å². The predicted molar refractivity (Wildman–Crippen MR) is 127 cm³/mol. The van der Waals surface area contributed by atoms with Crippen molar-refractivity contribution in [3.63, 3.8) is 0 Å². The third-order valence-electron chi connectivity index (χ3n) is 5.06. The van der Waals surface area contributed by atoms with E-state index in [4.69, 9.17) is 0 Å². The second-order valence-corrected chi connectivity index (χ2v) is 8.33. The quantitative estimate of drug-likeness (QED) is 0.481. The molecule has 160 valence electrons. The normalized spacial score (nSPS) is 11.5. The molecule has 0 heterocycles. The molecular formula is C26H27BrN2O2. The lowest BCUT2D eigenvalue weighted by Crippen LogP contribution is -2.50. The van der Waals surface area contributed by atoms with Crippen molar-refractivity contribution in [2.24, 2.45) is 0 Å². The first-order chi connectivity index (χ1) is 15.1. The van der Waals surface area contributed by atoms with E-state index in [-0.39, 0.29) is 18.2 Å². The molecule has 4 nitrogen and oxygen atoms in total. The third-order valence-corrected chi connectivity index (χ3v) is 5.56. The topological polar surface area (TPSA) is 49.4 Å². The van der Waals surface area contributed by atoms with Crippen LogP contribution in [0, 0.1) is 0 Å². The smallest absolute Gasteiger partial charge is 0.243 e. The largest absolute Gasteiger partial charge is 0.355 e. The first kappa shape index (κ1) is 22.8. The molecule has 3 aromatic carbocycles. The maximum atomic E-state index is 13.5. The van der Waals surface area contributed by atoms with E-state index in [0.717, 1.165) is 21.2 Å². The number of carbonyl (C=O) groups is 2. The Hall–Kier alpha value is -2.92. The van der Waals surface area contributed by atoms with Gasteiger partial charge in [0, 0.05) is 24.0 Å². The fraction of sp³-hybridized carbons (Fsp3) is 0.231. The zero-order valence-corrected chi connectivity index (χ0v) is 19.2. The summed E-state index contributed by atoms with van der Waals surface area (Å²) in [6.45, 7) is 2.77. The summed E-state index contributed by atoms with van der Waals surface area (Å²) < 4.78 is 0.943. The van der Waals surface area contributed by atoms with Gasteiger partial charge in [-0.25, -0.2) is 0 Å². The highest BCUT2D eigenvalue weighted by atomic mass is 79.9. The predicted octanol–water partition coefficient (Wildman–Crippen LogP) is 4.77. The maximum Gasteiger partial charge on any atom is 0.243 e. The van der Waals surface area contributed by atoms with Crippen molar-refractivity contribution >= 4 is 27.7 Å². The van der Waals surface area contributed by atoms with Crippen LogP contribution >= 0.6 is 15.9 Å². The van der Waals surface area contributed by atoms with Crippen LogP contribution in [-0.2, 0) is 29.0 Å². The van der Waals surface area contributed by atoms with Crippen molar-refractivity contribution in [2.75, 3.05) is 6.54 Å². The average Bonchev–Trinajstić information content (AvgIpc) is 2.77. The van der Waals surface area contributed by atoms with Gasteiger partial charge in [0.05, 0.1) is 6.42 Å². The summed E-state index contributed by atoms with van der Waals surface area (Å²) in [5.41, 5.74) is 2.92. The molecule has 0 spiro atoms. The minimum atomic E-state index is -0.599. The van der Waals surface area contributed by atoms with Gasteiger partial charge in [-0.05, 0) is 35.7 Å². The number of likely N-dealkylation sites (N-methyl/N-ethyl adjacent to an activating group) is 1. The van der Waals surface area contributed by atoms with Crippen molar-refractivity contribution in [3.05, 3.63) is 106 Å². The number of nitrogens with zero attached hydrogens (tertiary/aromatic N) is 1. The van der Waals surface area contributed by atoms with E-state index in [1.165, 1.54) is 0 Å². The van der Waals surface area contributed by atoms with Crippen LogP contribution in [0.1, 0.15) is 23.6 Å². The molecule has 0 aliphatic heterocycles. The summed E-state index contributed by atoms with van der Waals surface area (Å²) in [4.78, 5) is 28.3. The second kappa shape index (κ2) is 11.5. The average molecular weight is 479 g/mol. The molecule has 2 amide bonds. The van der Waals surface area contributed by atoms with E-state index in [1.54, 1.807) is 4.90 Å². The molecule has 0 aliphatic carbocycles. The van der Waals surface area contributed by atoms with Crippen molar-refractivity contribution < 1.29 is 9.59 Å². The van der Waals surface area contributed by atoms with Gasteiger partial charge < -0.3 is 10.2 Å². The SMILES string of the molecule is CCNC(=O)C(Cc1ccccc1)N(Cc1cccc(Br)c1)C(=O)Cc1ccccc1. The number of amides is 2. The summed E-state index contributed by atoms with van der Waals surface area (Å²) in [5, 5.41) is 2.92. The van der Waals surface area contributed by atoms with Gasteiger partial charge in [0.15, 0.2) is 0 Å². The van der Waals surface area contributed by atoms with Gasteiger partial charge in [-0.2, -0.15) is 0 Å². The first-order valence-electron chi connectivity index (χ1n) is 10.5. The lowest BCUT2D eigenvalue weighted by molar-refractivity contribution is -0.140. The molecule has 0 saturated heterocycles.